The molecule has 4 heteroatoms. The summed E-state index contributed by atoms with van der Waals surface area (Å²) < 4.78 is 1.94. The number of nitrogens with zero attached hydrogens (tertiary/aromatic N) is 1. The summed E-state index contributed by atoms with van der Waals surface area (Å²) >= 11 is 0. The van der Waals surface area contributed by atoms with Gasteiger partial charge in [-0.1, -0.05) is 48.5 Å². The lowest BCUT2D eigenvalue weighted by atomic mass is 10.0. The highest BCUT2D eigenvalue weighted by Crippen LogP contribution is 2.45. The van der Waals surface area contributed by atoms with Gasteiger partial charge in [0.05, 0.1) is 0 Å². The van der Waals surface area contributed by atoms with E-state index in [-0.39, 0.29) is 18.0 Å². The van der Waals surface area contributed by atoms with Crippen molar-refractivity contribution >= 4 is 16.8 Å². The van der Waals surface area contributed by atoms with Gasteiger partial charge < -0.3 is 15.6 Å². The van der Waals surface area contributed by atoms with Crippen molar-refractivity contribution in [2.24, 2.45) is 5.73 Å². The average molecular weight is 319 g/mol. The molecule has 1 saturated carbocycles. The van der Waals surface area contributed by atoms with Gasteiger partial charge in [0.1, 0.15) is 6.54 Å². The van der Waals surface area contributed by atoms with E-state index < -0.39 is 0 Å². The van der Waals surface area contributed by atoms with Gasteiger partial charge in [-0.2, -0.15) is 0 Å². The quantitative estimate of drug-likeness (QED) is 0.734. The van der Waals surface area contributed by atoms with E-state index in [1.165, 1.54) is 16.5 Å². The monoisotopic (exact) mass is 319 g/mol. The van der Waals surface area contributed by atoms with Crippen LogP contribution >= 0.6 is 0 Å². The molecule has 1 aromatic heterocycles. The van der Waals surface area contributed by atoms with Crippen molar-refractivity contribution in [3.05, 3.63) is 71.9 Å². The predicted molar refractivity (Wildman–Crippen MR) is 95.3 cm³/mol. The number of para-hydroxylation sites is 1. The number of aromatic nitrogens is 1. The molecule has 3 aromatic rings. The Morgan fingerprint density at radius 2 is 1.79 bits per heavy atom. The first-order valence-electron chi connectivity index (χ1n) is 8.34. The first kappa shape index (κ1) is 15.0. The maximum atomic E-state index is 11.3. The summed E-state index contributed by atoms with van der Waals surface area (Å²) in [7, 11) is 0. The van der Waals surface area contributed by atoms with Gasteiger partial charge in [0, 0.05) is 29.2 Å². The van der Waals surface area contributed by atoms with E-state index in [9.17, 15) is 4.79 Å². The van der Waals surface area contributed by atoms with Crippen LogP contribution < -0.4 is 11.1 Å². The molecule has 0 bridgehead atoms. The van der Waals surface area contributed by atoms with Gasteiger partial charge in [-0.05, 0) is 30.0 Å². The Kier molecular flexibility index (Phi) is 3.62. The number of primary amides is 1. The van der Waals surface area contributed by atoms with E-state index in [0.29, 0.717) is 0 Å². The van der Waals surface area contributed by atoms with Crippen LogP contribution in [0.25, 0.3) is 10.9 Å². The SMILES string of the molecule is NC(=O)Cn1cc(CNC2(c3ccccc3)CC2)c2ccccc21. The Hall–Kier alpha value is -2.59. The van der Waals surface area contributed by atoms with Crippen LogP contribution in [-0.2, 0) is 23.4 Å². The minimum Gasteiger partial charge on any atom is -0.368 e. The van der Waals surface area contributed by atoms with Crippen molar-refractivity contribution in [2.45, 2.75) is 31.5 Å². The number of fused-ring (bicyclic) bond motifs is 1. The highest BCUT2D eigenvalue weighted by molar-refractivity contribution is 5.85. The van der Waals surface area contributed by atoms with E-state index in [2.05, 4.69) is 41.7 Å². The molecule has 122 valence electrons. The van der Waals surface area contributed by atoms with E-state index in [0.717, 1.165) is 24.9 Å². The number of amides is 1. The van der Waals surface area contributed by atoms with Gasteiger partial charge >= 0.3 is 0 Å². The standard InChI is InChI=1S/C20H21N3O/c21-19(24)14-23-13-15(17-8-4-5-9-18(17)23)12-22-20(10-11-20)16-6-2-1-3-7-16/h1-9,13,22H,10-12,14H2,(H2,21,24). The highest BCUT2D eigenvalue weighted by atomic mass is 16.1. The van der Waals surface area contributed by atoms with Crippen molar-refractivity contribution in [2.75, 3.05) is 0 Å². The molecule has 0 radical (unpaired) electrons. The van der Waals surface area contributed by atoms with Crippen molar-refractivity contribution in [1.29, 1.82) is 0 Å². The lowest BCUT2D eigenvalue weighted by Crippen LogP contribution is -2.28. The Balaban J connectivity index is 1.60. The summed E-state index contributed by atoms with van der Waals surface area (Å²) in [5, 5.41) is 4.91. The summed E-state index contributed by atoms with van der Waals surface area (Å²) in [6.45, 7) is 0.992. The first-order chi connectivity index (χ1) is 11.7. The smallest absolute Gasteiger partial charge is 0.237 e. The summed E-state index contributed by atoms with van der Waals surface area (Å²) in [6, 6.07) is 18.8. The van der Waals surface area contributed by atoms with Crippen LogP contribution in [0.3, 0.4) is 0 Å². The number of benzene rings is 2. The molecular weight excluding hydrogens is 298 g/mol. The number of carbonyl (C=O) groups excluding carboxylic acids is 1. The number of rotatable bonds is 6. The highest BCUT2D eigenvalue weighted by Gasteiger charge is 2.43. The van der Waals surface area contributed by atoms with Gasteiger partial charge in [-0.3, -0.25) is 4.79 Å². The molecule has 4 rings (SSSR count). The molecule has 0 atom stereocenters. The third kappa shape index (κ3) is 2.69. The largest absolute Gasteiger partial charge is 0.368 e. The van der Waals surface area contributed by atoms with Crippen molar-refractivity contribution in [3.63, 3.8) is 0 Å². The van der Waals surface area contributed by atoms with Crippen LogP contribution in [-0.4, -0.2) is 10.5 Å². The van der Waals surface area contributed by atoms with Gasteiger partial charge in [0.15, 0.2) is 0 Å². The summed E-state index contributed by atoms with van der Waals surface area (Å²) in [6.07, 6.45) is 4.37. The van der Waals surface area contributed by atoms with Crippen LogP contribution in [0.5, 0.6) is 0 Å². The van der Waals surface area contributed by atoms with E-state index in [1.807, 2.05) is 29.0 Å². The minimum absolute atomic E-state index is 0.105. The number of hydrogen-bond acceptors (Lipinski definition) is 2. The van der Waals surface area contributed by atoms with Gasteiger partial charge in [-0.15, -0.1) is 0 Å². The van der Waals surface area contributed by atoms with Crippen molar-refractivity contribution in [1.82, 2.24) is 9.88 Å². The zero-order chi connectivity index (χ0) is 16.6. The molecule has 0 spiro atoms. The molecular formula is C20H21N3O. The normalized spacial score (nSPS) is 15.5. The lowest BCUT2D eigenvalue weighted by molar-refractivity contribution is -0.118. The molecule has 0 aliphatic heterocycles. The number of nitrogens with one attached hydrogen (secondary N) is 1. The van der Waals surface area contributed by atoms with Crippen molar-refractivity contribution < 1.29 is 4.79 Å². The second-order valence-electron chi connectivity index (χ2n) is 6.57. The molecule has 1 amide bonds. The van der Waals surface area contributed by atoms with Crippen LogP contribution in [0.1, 0.15) is 24.0 Å². The third-order valence-corrected chi connectivity index (χ3v) is 4.89. The van der Waals surface area contributed by atoms with Crippen LogP contribution in [0, 0.1) is 0 Å². The summed E-state index contributed by atoms with van der Waals surface area (Å²) in [4.78, 5) is 11.3. The van der Waals surface area contributed by atoms with Gasteiger partial charge in [0.25, 0.3) is 0 Å². The zero-order valence-corrected chi connectivity index (χ0v) is 13.5. The lowest BCUT2D eigenvalue weighted by Gasteiger charge is -2.17. The van der Waals surface area contributed by atoms with Gasteiger partial charge in [0.2, 0.25) is 5.91 Å². The average Bonchev–Trinajstić information content (AvgIpc) is 3.32. The fourth-order valence-electron chi connectivity index (χ4n) is 3.48. The molecule has 4 nitrogen and oxygen atoms in total. The van der Waals surface area contributed by atoms with E-state index in [4.69, 9.17) is 5.73 Å². The fraction of sp³-hybridized carbons (Fsp3) is 0.250. The summed E-state index contributed by atoms with van der Waals surface area (Å²) in [5.74, 6) is -0.321. The van der Waals surface area contributed by atoms with Crippen LogP contribution in [0.4, 0.5) is 0 Å². The Morgan fingerprint density at radius 3 is 2.50 bits per heavy atom. The Labute approximate surface area is 141 Å². The topological polar surface area (TPSA) is 60.1 Å². The number of hydrogen-bond donors (Lipinski definition) is 2. The molecule has 0 unspecified atom stereocenters. The molecule has 24 heavy (non-hydrogen) atoms. The molecule has 1 heterocycles. The maximum Gasteiger partial charge on any atom is 0.237 e. The summed E-state index contributed by atoms with van der Waals surface area (Å²) in [5.41, 5.74) is 9.09. The molecule has 2 aromatic carbocycles. The van der Waals surface area contributed by atoms with Crippen molar-refractivity contribution in [3.8, 4) is 0 Å². The van der Waals surface area contributed by atoms with Crippen LogP contribution in [0.2, 0.25) is 0 Å². The second kappa shape index (κ2) is 5.80. The molecule has 1 aliphatic rings. The molecule has 0 saturated heterocycles. The minimum atomic E-state index is -0.321. The second-order valence-corrected chi connectivity index (χ2v) is 6.57. The Morgan fingerprint density at radius 1 is 1.08 bits per heavy atom. The first-order valence-corrected chi connectivity index (χ1v) is 8.34. The maximum absolute atomic E-state index is 11.3. The molecule has 3 N–H and O–H groups in total. The number of nitrogens with two attached hydrogens (primary N) is 1. The predicted octanol–water partition coefficient (Wildman–Crippen LogP) is 2.91. The third-order valence-electron chi connectivity index (χ3n) is 4.89. The zero-order valence-electron chi connectivity index (χ0n) is 13.5. The van der Waals surface area contributed by atoms with E-state index >= 15 is 0 Å². The fourth-order valence-corrected chi connectivity index (χ4v) is 3.48. The van der Waals surface area contributed by atoms with Gasteiger partial charge in [-0.25, -0.2) is 0 Å². The molecule has 1 fully saturated rings. The number of carbonyl (C=O) groups is 1. The van der Waals surface area contributed by atoms with E-state index in [1.54, 1.807) is 0 Å². The Bertz CT molecular complexity index is 878. The molecule has 1 aliphatic carbocycles. The van der Waals surface area contributed by atoms with Crippen LogP contribution in [0.15, 0.2) is 60.8 Å².